The number of alkyl halides is 3. The molecule has 11 heteroatoms. The Morgan fingerprint density at radius 2 is 1.64 bits per heavy atom. The Hall–Kier alpha value is -4.15. The monoisotopic (exact) mass is 590 g/mol. The van der Waals surface area contributed by atoms with Crippen molar-refractivity contribution in [3.8, 4) is 11.5 Å². The highest BCUT2D eigenvalue weighted by Crippen LogP contribution is 2.30. The number of hydrogen-bond acceptors (Lipinski definition) is 6. The van der Waals surface area contributed by atoms with Gasteiger partial charge in [0, 0.05) is 12.3 Å². The van der Waals surface area contributed by atoms with Gasteiger partial charge in [-0.25, -0.2) is 14.2 Å². The Kier molecular flexibility index (Phi) is 11.7. The van der Waals surface area contributed by atoms with Crippen LogP contribution in [-0.4, -0.2) is 41.7 Å². The molecule has 0 spiro atoms. The van der Waals surface area contributed by atoms with E-state index in [1.165, 1.54) is 43.6 Å². The van der Waals surface area contributed by atoms with Gasteiger partial charge in [-0.3, -0.25) is 4.79 Å². The minimum Gasteiger partial charge on any atom is -0.503 e. The minimum atomic E-state index is -4.43. The van der Waals surface area contributed by atoms with E-state index in [0.717, 1.165) is 23.3 Å². The first-order chi connectivity index (χ1) is 20.0. The number of pyridine rings is 1. The van der Waals surface area contributed by atoms with Gasteiger partial charge >= 0.3 is 12.1 Å². The SMILES string of the molecule is CCOC(=O)C(CCCC(CCc1ccc(F)cc1)Cc1ccc(C(F)(F)F)cc1)NC(=O)c1nccc(OC)c1O. The summed E-state index contributed by atoms with van der Waals surface area (Å²) in [5, 5.41) is 12.9. The fraction of sp³-hybridized carbons (Fsp3) is 0.387. The number of aromatic hydroxyl groups is 1. The Balaban J connectivity index is 1.70. The van der Waals surface area contributed by atoms with E-state index in [1.54, 1.807) is 19.1 Å². The van der Waals surface area contributed by atoms with Crippen LogP contribution in [0.15, 0.2) is 60.8 Å². The average molecular weight is 591 g/mol. The summed E-state index contributed by atoms with van der Waals surface area (Å²) in [4.78, 5) is 29.4. The highest BCUT2D eigenvalue weighted by atomic mass is 19.4. The van der Waals surface area contributed by atoms with E-state index < -0.39 is 35.4 Å². The third-order valence-electron chi connectivity index (χ3n) is 6.86. The maximum atomic E-state index is 13.3. The minimum absolute atomic E-state index is 0.0226. The van der Waals surface area contributed by atoms with Crippen molar-refractivity contribution in [3.63, 3.8) is 0 Å². The molecule has 0 aliphatic heterocycles. The molecule has 7 nitrogen and oxygen atoms in total. The molecular formula is C31H34F4N2O5. The average Bonchev–Trinajstić information content (AvgIpc) is 2.96. The summed E-state index contributed by atoms with van der Waals surface area (Å²) in [5.74, 6) is -2.15. The van der Waals surface area contributed by atoms with E-state index in [9.17, 15) is 32.3 Å². The van der Waals surface area contributed by atoms with E-state index in [2.05, 4.69) is 10.3 Å². The smallest absolute Gasteiger partial charge is 0.416 e. The number of ether oxygens (including phenoxy) is 2. The zero-order chi connectivity index (χ0) is 30.7. The molecule has 2 unspecified atom stereocenters. The van der Waals surface area contributed by atoms with Gasteiger partial charge in [0.25, 0.3) is 5.91 Å². The van der Waals surface area contributed by atoms with Gasteiger partial charge in [-0.2, -0.15) is 13.2 Å². The van der Waals surface area contributed by atoms with Crippen LogP contribution in [0.4, 0.5) is 17.6 Å². The van der Waals surface area contributed by atoms with Gasteiger partial charge in [-0.15, -0.1) is 0 Å². The maximum absolute atomic E-state index is 13.3. The second-order valence-corrected chi connectivity index (χ2v) is 9.85. The summed E-state index contributed by atoms with van der Waals surface area (Å²) in [6.07, 6.45) is -0.0431. The topological polar surface area (TPSA) is 97.8 Å². The predicted octanol–water partition coefficient (Wildman–Crippen LogP) is 6.28. The fourth-order valence-corrected chi connectivity index (χ4v) is 4.63. The molecule has 0 aliphatic carbocycles. The van der Waals surface area contributed by atoms with E-state index in [1.807, 2.05) is 0 Å². The molecule has 2 atom stereocenters. The number of rotatable bonds is 14. The predicted molar refractivity (Wildman–Crippen MR) is 148 cm³/mol. The lowest BCUT2D eigenvalue weighted by Crippen LogP contribution is -2.42. The summed E-state index contributed by atoms with van der Waals surface area (Å²) in [7, 11) is 1.33. The number of methoxy groups -OCH3 is 1. The molecule has 3 aromatic rings. The Morgan fingerprint density at radius 1 is 0.976 bits per heavy atom. The molecule has 0 aliphatic rings. The van der Waals surface area contributed by atoms with Gasteiger partial charge in [-0.1, -0.05) is 37.1 Å². The summed E-state index contributed by atoms with van der Waals surface area (Å²) in [6.45, 7) is 1.74. The molecular weight excluding hydrogens is 556 g/mol. The first-order valence-corrected chi connectivity index (χ1v) is 13.6. The van der Waals surface area contributed by atoms with Crippen LogP contribution in [0.5, 0.6) is 11.5 Å². The molecule has 0 bridgehead atoms. The molecule has 3 rings (SSSR count). The van der Waals surface area contributed by atoms with E-state index in [-0.39, 0.29) is 36.2 Å². The van der Waals surface area contributed by atoms with Crippen molar-refractivity contribution in [2.75, 3.05) is 13.7 Å². The molecule has 0 saturated heterocycles. The van der Waals surface area contributed by atoms with E-state index in [4.69, 9.17) is 9.47 Å². The number of nitrogens with zero attached hydrogens (tertiary/aromatic N) is 1. The number of hydrogen-bond donors (Lipinski definition) is 2. The van der Waals surface area contributed by atoms with Crippen LogP contribution in [0.2, 0.25) is 0 Å². The van der Waals surface area contributed by atoms with Gasteiger partial charge < -0.3 is 19.9 Å². The van der Waals surface area contributed by atoms with Gasteiger partial charge in [0.05, 0.1) is 19.3 Å². The standard InChI is InChI=1S/C31H34F4N2O5/c1-3-42-30(40)25(37-29(39)27-28(38)26(41-2)17-18-36-27)6-4-5-21(8-7-20-11-15-24(32)16-12-20)19-22-9-13-23(14-10-22)31(33,34)35/h9-18,21,25,38H,3-8,19H2,1-2H3,(H,37,39). The zero-order valence-electron chi connectivity index (χ0n) is 23.4. The van der Waals surface area contributed by atoms with Gasteiger partial charge in [0.1, 0.15) is 11.9 Å². The third kappa shape index (κ3) is 9.46. The number of carbonyl (C=O) groups is 2. The van der Waals surface area contributed by atoms with Crippen molar-refractivity contribution in [2.45, 2.75) is 57.7 Å². The van der Waals surface area contributed by atoms with Crippen molar-refractivity contribution in [3.05, 3.63) is 89.0 Å². The van der Waals surface area contributed by atoms with Gasteiger partial charge in [0.15, 0.2) is 17.2 Å². The van der Waals surface area contributed by atoms with Gasteiger partial charge in [-0.05, 0) is 73.9 Å². The fourth-order valence-electron chi connectivity index (χ4n) is 4.63. The molecule has 0 fully saturated rings. The molecule has 1 amide bonds. The number of nitrogens with one attached hydrogen (secondary N) is 1. The van der Waals surface area contributed by atoms with Crippen molar-refractivity contribution in [1.29, 1.82) is 0 Å². The summed E-state index contributed by atoms with van der Waals surface area (Å²) < 4.78 is 62.6. The Morgan fingerprint density at radius 3 is 2.26 bits per heavy atom. The Bertz CT molecular complexity index is 1310. The first-order valence-electron chi connectivity index (χ1n) is 13.6. The number of esters is 1. The summed E-state index contributed by atoms with van der Waals surface area (Å²) >= 11 is 0. The molecule has 1 aromatic heterocycles. The number of aryl methyl sites for hydroxylation is 1. The number of aromatic nitrogens is 1. The Labute approximate surface area is 241 Å². The highest BCUT2D eigenvalue weighted by molar-refractivity contribution is 5.97. The lowest BCUT2D eigenvalue weighted by atomic mass is 9.88. The lowest BCUT2D eigenvalue weighted by Gasteiger charge is -2.21. The molecule has 0 saturated carbocycles. The molecule has 2 aromatic carbocycles. The normalized spacial score (nSPS) is 12.8. The molecule has 2 N–H and O–H groups in total. The molecule has 42 heavy (non-hydrogen) atoms. The van der Waals surface area contributed by atoms with Crippen LogP contribution in [-0.2, 0) is 28.5 Å². The number of carbonyl (C=O) groups excluding carboxylic acids is 2. The van der Waals surface area contributed by atoms with Crippen LogP contribution in [0, 0.1) is 11.7 Å². The summed E-state index contributed by atoms with van der Waals surface area (Å²) in [5.41, 5.74) is 0.639. The number of amides is 1. The van der Waals surface area contributed by atoms with Crippen molar-refractivity contribution in [1.82, 2.24) is 10.3 Å². The quantitative estimate of drug-likeness (QED) is 0.170. The van der Waals surface area contributed by atoms with Crippen LogP contribution in [0.3, 0.4) is 0 Å². The second-order valence-electron chi connectivity index (χ2n) is 9.85. The van der Waals surface area contributed by atoms with E-state index in [0.29, 0.717) is 32.1 Å². The van der Waals surface area contributed by atoms with Gasteiger partial charge in [0.2, 0.25) is 0 Å². The highest BCUT2D eigenvalue weighted by Gasteiger charge is 2.30. The van der Waals surface area contributed by atoms with Crippen LogP contribution < -0.4 is 10.1 Å². The first kappa shape index (κ1) is 32.4. The van der Waals surface area contributed by atoms with E-state index >= 15 is 0 Å². The number of halogens is 4. The van der Waals surface area contributed by atoms with Crippen molar-refractivity contribution in [2.24, 2.45) is 5.92 Å². The summed E-state index contributed by atoms with van der Waals surface area (Å²) in [6, 6.07) is 11.5. The van der Waals surface area contributed by atoms with Crippen LogP contribution in [0.1, 0.15) is 59.8 Å². The number of benzene rings is 2. The van der Waals surface area contributed by atoms with Crippen LogP contribution in [0.25, 0.3) is 0 Å². The molecule has 1 heterocycles. The maximum Gasteiger partial charge on any atom is 0.416 e. The molecule has 226 valence electrons. The lowest BCUT2D eigenvalue weighted by molar-refractivity contribution is -0.145. The van der Waals surface area contributed by atoms with Crippen molar-refractivity contribution < 1.29 is 41.7 Å². The van der Waals surface area contributed by atoms with Crippen molar-refractivity contribution >= 4 is 11.9 Å². The third-order valence-corrected chi connectivity index (χ3v) is 6.86. The second kappa shape index (κ2) is 15.2. The zero-order valence-corrected chi connectivity index (χ0v) is 23.4. The molecule has 0 radical (unpaired) electrons. The van der Waals surface area contributed by atoms with Crippen LogP contribution >= 0.6 is 0 Å². The largest absolute Gasteiger partial charge is 0.503 e.